The molecule has 0 aliphatic heterocycles. The zero-order valence-electron chi connectivity index (χ0n) is 22.7. The monoisotopic (exact) mass is 536 g/mol. The van der Waals surface area contributed by atoms with Crippen LogP contribution in [0.4, 0.5) is 0 Å². The Labute approximate surface area is 242 Å². The molecule has 0 bridgehead atoms. The Balaban J connectivity index is 1.23. The molecule has 0 radical (unpaired) electrons. The molecule has 0 saturated carbocycles. The van der Waals surface area contributed by atoms with E-state index < -0.39 is 0 Å². The van der Waals surface area contributed by atoms with Crippen molar-refractivity contribution in [1.29, 1.82) is 0 Å². The predicted molar refractivity (Wildman–Crippen MR) is 175 cm³/mol. The van der Waals surface area contributed by atoms with Gasteiger partial charge in [0.2, 0.25) is 0 Å². The molecule has 7 aromatic carbocycles. The van der Waals surface area contributed by atoms with Gasteiger partial charge in [0.1, 0.15) is 22.7 Å². The van der Waals surface area contributed by atoms with E-state index in [4.69, 9.17) is 8.83 Å². The van der Waals surface area contributed by atoms with Crippen molar-refractivity contribution in [3.8, 4) is 33.8 Å². The Morgan fingerprint density at radius 2 is 0.905 bits per heavy atom. The molecule has 42 heavy (non-hydrogen) atoms. The van der Waals surface area contributed by atoms with Crippen LogP contribution in [0.5, 0.6) is 0 Å². The first-order valence-electron chi connectivity index (χ1n) is 14.3. The summed E-state index contributed by atoms with van der Waals surface area (Å²) in [5.74, 6) is 1.68. The number of benzene rings is 7. The number of para-hydroxylation sites is 1. The van der Waals surface area contributed by atoms with Crippen molar-refractivity contribution in [2.24, 2.45) is 0 Å². The van der Waals surface area contributed by atoms with E-state index in [1.165, 1.54) is 43.4 Å². The molecule has 0 fully saturated rings. The van der Waals surface area contributed by atoms with Crippen LogP contribution in [-0.4, -0.2) is 0 Å². The molecule has 2 aromatic heterocycles. The SMILES string of the molecule is c1ccc(-c2ccc3c(c2)c2ccccc2c2ccc(-c4ccc(-c5cccc6oc7ccccc7c56)o4)cc23)cc1. The molecular weight excluding hydrogens is 512 g/mol. The van der Waals surface area contributed by atoms with Crippen molar-refractivity contribution in [2.45, 2.75) is 0 Å². The lowest BCUT2D eigenvalue weighted by Crippen LogP contribution is -1.86. The van der Waals surface area contributed by atoms with Crippen molar-refractivity contribution < 1.29 is 8.83 Å². The minimum atomic E-state index is 0.832. The van der Waals surface area contributed by atoms with Gasteiger partial charge in [-0.05, 0) is 79.8 Å². The Bertz CT molecular complexity index is 2460. The number of rotatable bonds is 3. The molecule has 9 aromatic rings. The Hall–Kier alpha value is -5.60. The minimum absolute atomic E-state index is 0.832. The first-order chi connectivity index (χ1) is 20.8. The van der Waals surface area contributed by atoms with Gasteiger partial charge in [-0.1, -0.05) is 109 Å². The third kappa shape index (κ3) is 3.45. The Kier molecular flexibility index (Phi) is 4.93. The first kappa shape index (κ1) is 23.1. The van der Waals surface area contributed by atoms with Crippen LogP contribution in [0.3, 0.4) is 0 Å². The van der Waals surface area contributed by atoms with Gasteiger partial charge in [-0.3, -0.25) is 0 Å². The zero-order chi connectivity index (χ0) is 27.6. The van der Waals surface area contributed by atoms with Gasteiger partial charge >= 0.3 is 0 Å². The number of fused-ring (bicyclic) bond motifs is 9. The maximum Gasteiger partial charge on any atom is 0.136 e. The summed E-state index contributed by atoms with van der Waals surface area (Å²) >= 11 is 0. The second-order valence-corrected chi connectivity index (χ2v) is 10.9. The molecule has 2 heterocycles. The fourth-order valence-electron chi connectivity index (χ4n) is 6.54. The molecule has 196 valence electrons. The molecule has 0 saturated heterocycles. The summed E-state index contributed by atoms with van der Waals surface area (Å²) in [5, 5.41) is 9.68. The fourth-order valence-corrected chi connectivity index (χ4v) is 6.54. The van der Waals surface area contributed by atoms with Gasteiger partial charge in [-0.25, -0.2) is 0 Å². The standard InChI is InChI=1S/C40H24O2/c1-2-9-25(10-3-1)26-17-19-31-34(23-26)29-12-5-4-11-28(29)30-20-18-27(24-35(30)31)36-21-22-38(41-36)33-14-8-16-39-40(33)32-13-6-7-15-37(32)42-39/h1-24H. The van der Waals surface area contributed by atoms with E-state index >= 15 is 0 Å². The maximum absolute atomic E-state index is 6.57. The van der Waals surface area contributed by atoms with Gasteiger partial charge in [0.15, 0.2) is 0 Å². The van der Waals surface area contributed by atoms with Gasteiger partial charge < -0.3 is 8.83 Å². The van der Waals surface area contributed by atoms with Crippen LogP contribution in [0.15, 0.2) is 154 Å². The molecule has 9 rings (SSSR count). The highest BCUT2D eigenvalue weighted by Gasteiger charge is 2.16. The molecule has 0 unspecified atom stereocenters. The van der Waals surface area contributed by atoms with Gasteiger partial charge in [-0.15, -0.1) is 0 Å². The smallest absolute Gasteiger partial charge is 0.136 e. The summed E-state index contributed by atoms with van der Waals surface area (Å²) in [6.07, 6.45) is 0. The van der Waals surface area contributed by atoms with Crippen molar-refractivity contribution >= 4 is 54.3 Å². The quantitative estimate of drug-likeness (QED) is 0.210. The van der Waals surface area contributed by atoms with E-state index in [-0.39, 0.29) is 0 Å². The van der Waals surface area contributed by atoms with E-state index in [9.17, 15) is 0 Å². The molecule has 0 N–H and O–H groups in total. The molecule has 0 amide bonds. The summed E-state index contributed by atoms with van der Waals surface area (Å²) in [6.45, 7) is 0. The largest absolute Gasteiger partial charge is 0.456 e. The lowest BCUT2D eigenvalue weighted by atomic mass is 9.91. The highest BCUT2D eigenvalue weighted by molar-refractivity contribution is 6.26. The van der Waals surface area contributed by atoms with Gasteiger partial charge in [0.05, 0.1) is 0 Å². The van der Waals surface area contributed by atoms with Crippen molar-refractivity contribution in [2.75, 3.05) is 0 Å². The molecular formula is C40H24O2. The van der Waals surface area contributed by atoms with Crippen LogP contribution in [0.25, 0.3) is 88.0 Å². The topological polar surface area (TPSA) is 26.3 Å². The van der Waals surface area contributed by atoms with Crippen molar-refractivity contribution in [3.63, 3.8) is 0 Å². The summed E-state index contributed by atoms with van der Waals surface area (Å²) < 4.78 is 12.7. The average molecular weight is 537 g/mol. The molecule has 0 spiro atoms. The van der Waals surface area contributed by atoms with Crippen LogP contribution in [0.2, 0.25) is 0 Å². The van der Waals surface area contributed by atoms with E-state index in [1.807, 2.05) is 30.3 Å². The second kappa shape index (κ2) is 8.95. The number of hydrogen-bond donors (Lipinski definition) is 0. The maximum atomic E-state index is 6.57. The van der Waals surface area contributed by atoms with Crippen LogP contribution >= 0.6 is 0 Å². The van der Waals surface area contributed by atoms with Crippen LogP contribution in [0.1, 0.15) is 0 Å². The lowest BCUT2D eigenvalue weighted by Gasteiger charge is -2.13. The summed E-state index contributed by atoms with van der Waals surface area (Å²) in [7, 11) is 0. The van der Waals surface area contributed by atoms with Gasteiger partial charge in [0.25, 0.3) is 0 Å². The molecule has 0 atom stereocenters. The Morgan fingerprint density at radius 1 is 0.310 bits per heavy atom. The summed E-state index contributed by atoms with van der Waals surface area (Å²) in [4.78, 5) is 0. The average Bonchev–Trinajstić information content (AvgIpc) is 3.70. The van der Waals surface area contributed by atoms with E-state index in [0.29, 0.717) is 0 Å². The minimum Gasteiger partial charge on any atom is -0.456 e. The van der Waals surface area contributed by atoms with Crippen molar-refractivity contribution in [3.05, 3.63) is 146 Å². The fraction of sp³-hybridized carbons (Fsp3) is 0. The third-order valence-corrected chi connectivity index (χ3v) is 8.50. The highest BCUT2D eigenvalue weighted by Crippen LogP contribution is 2.41. The second-order valence-electron chi connectivity index (χ2n) is 10.9. The highest BCUT2D eigenvalue weighted by atomic mass is 16.3. The Morgan fingerprint density at radius 3 is 1.74 bits per heavy atom. The van der Waals surface area contributed by atoms with Crippen LogP contribution < -0.4 is 0 Å². The molecule has 2 nitrogen and oxygen atoms in total. The predicted octanol–water partition coefficient (Wildman–Crippen LogP) is 11.6. The number of hydrogen-bond acceptors (Lipinski definition) is 2. The third-order valence-electron chi connectivity index (χ3n) is 8.50. The van der Waals surface area contributed by atoms with Crippen LogP contribution in [0, 0.1) is 0 Å². The summed E-state index contributed by atoms with van der Waals surface area (Å²) in [5.41, 5.74) is 6.29. The molecule has 0 aliphatic carbocycles. The van der Waals surface area contributed by atoms with E-state index in [0.717, 1.165) is 44.6 Å². The first-order valence-corrected chi connectivity index (χ1v) is 14.3. The van der Waals surface area contributed by atoms with Gasteiger partial charge in [0, 0.05) is 21.9 Å². The molecule has 2 heteroatoms. The van der Waals surface area contributed by atoms with Crippen LogP contribution in [-0.2, 0) is 0 Å². The molecule has 0 aliphatic rings. The lowest BCUT2D eigenvalue weighted by molar-refractivity contribution is 0.598. The summed E-state index contributed by atoms with van der Waals surface area (Å²) in [6, 6.07) is 51.3. The van der Waals surface area contributed by atoms with E-state index in [1.54, 1.807) is 0 Å². The zero-order valence-corrected chi connectivity index (χ0v) is 22.7. The van der Waals surface area contributed by atoms with Gasteiger partial charge in [-0.2, -0.15) is 0 Å². The van der Waals surface area contributed by atoms with Crippen molar-refractivity contribution in [1.82, 2.24) is 0 Å². The normalized spacial score (nSPS) is 11.8. The van der Waals surface area contributed by atoms with E-state index in [2.05, 4.69) is 115 Å². The number of furan rings is 2.